The average Bonchev–Trinajstić information content (AvgIpc) is 3.76. The lowest BCUT2D eigenvalue weighted by Crippen LogP contribution is -2.38. The van der Waals surface area contributed by atoms with E-state index >= 15 is 0 Å². The van der Waals surface area contributed by atoms with Crippen LogP contribution in [0.1, 0.15) is 48.3 Å². The minimum atomic E-state index is -0.364. The van der Waals surface area contributed by atoms with Gasteiger partial charge in [0, 0.05) is 63.4 Å². The number of hydrogen-bond donors (Lipinski definition) is 3. The Kier molecular flexibility index (Phi) is 7.69. The molecule has 9 heteroatoms. The predicted molar refractivity (Wildman–Crippen MR) is 145 cm³/mol. The van der Waals surface area contributed by atoms with Crippen molar-refractivity contribution < 1.29 is 9.13 Å². The lowest BCUT2D eigenvalue weighted by atomic mass is 9.96. The van der Waals surface area contributed by atoms with Crippen LogP contribution < -0.4 is 20.9 Å². The molecule has 2 aromatic heterocycles. The third kappa shape index (κ3) is 5.77. The van der Waals surface area contributed by atoms with E-state index in [1.807, 2.05) is 32.3 Å². The molecule has 2 aromatic rings. The predicted octanol–water partition coefficient (Wildman–Crippen LogP) is 4.02. The molecule has 0 radical (unpaired) electrons. The Morgan fingerprint density at radius 1 is 1.24 bits per heavy atom. The molecule has 4 heterocycles. The molecule has 0 amide bonds. The molecule has 0 spiro atoms. The van der Waals surface area contributed by atoms with Gasteiger partial charge < -0.3 is 25.6 Å². The third-order valence-electron chi connectivity index (χ3n) is 7.13. The number of nitrogens with one attached hydrogen (secondary N) is 3. The van der Waals surface area contributed by atoms with Crippen LogP contribution in [-0.4, -0.2) is 54.8 Å². The van der Waals surface area contributed by atoms with Crippen LogP contribution in [0.2, 0.25) is 0 Å². The molecule has 2 aliphatic heterocycles. The van der Waals surface area contributed by atoms with Crippen LogP contribution in [0.25, 0.3) is 11.1 Å². The van der Waals surface area contributed by atoms with Crippen molar-refractivity contribution in [3.8, 4) is 0 Å². The minimum absolute atomic E-state index is 0.230. The smallest absolute Gasteiger partial charge is 0.165 e. The number of allylic oxidation sites excluding steroid dienone is 3. The zero-order valence-electron chi connectivity index (χ0n) is 21.9. The van der Waals surface area contributed by atoms with E-state index in [4.69, 9.17) is 14.7 Å². The van der Waals surface area contributed by atoms with E-state index in [0.717, 1.165) is 48.7 Å². The van der Waals surface area contributed by atoms with Gasteiger partial charge >= 0.3 is 0 Å². The first kappa shape index (κ1) is 25.2. The molecule has 3 N–H and O–H groups in total. The Labute approximate surface area is 218 Å². The maximum Gasteiger partial charge on any atom is 0.165 e. The molecular formula is C28H36FN7O. The lowest BCUT2D eigenvalue weighted by molar-refractivity contribution is 0.0853. The normalized spacial score (nSPS) is 18.3. The van der Waals surface area contributed by atoms with Crippen LogP contribution in [0.15, 0.2) is 36.8 Å². The third-order valence-corrected chi connectivity index (χ3v) is 7.13. The number of rotatable bonds is 9. The topological polar surface area (TPSA) is 87.2 Å². The van der Waals surface area contributed by atoms with Gasteiger partial charge in [-0.3, -0.25) is 0 Å². The summed E-state index contributed by atoms with van der Waals surface area (Å²) < 4.78 is 19.9. The van der Waals surface area contributed by atoms with Gasteiger partial charge in [0.2, 0.25) is 0 Å². The number of pyridine rings is 1. The quantitative estimate of drug-likeness (QED) is 0.441. The average molecular weight is 506 g/mol. The van der Waals surface area contributed by atoms with Gasteiger partial charge in [-0.15, -0.1) is 0 Å². The molecular weight excluding hydrogens is 469 g/mol. The molecule has 3 aliphatic rings. The van der Waals surface area contributed by atoms with Crippen LogP contribution in [-0.2, 0) is 11.3 Å². The zero-order valence-corrected chi connectivity index (χ0v) is 21.9. The van der Waals surface area contributed by atoms with Crippen LogP contribution >= 0.6 is 0 Å². The maximum absolute atomic E-state index is 14.3. The number of hydrogen-bond acceptors (Lipinski definition) is 8. The van der Waals surface area contributed by atoms with Gasteiger partial charge in [0.25, 0.3) is 0 Å². The Balaban J connectivity index is 1.51. The number of nitrogens with zero attached hydrogens (tertiary/aromatic N) is 4. The van der Waals surface area contributed by atoms with Crippen molar-refractivity contribution in [1.29, 1.82) is 0 Å². The highest BCUT2D eigenvalue weighted by atomic mass is 19.1. The number of fused-ring (bicyclic) bond motifs is 1. The summed E-state index contributed by atoms with van der Waals surface area (Å²) in [5, 5.41) is 9.58. The molecule has 0 aromatic carbocycles. The van der Waals surface area contributed by atoms with Gasteiger partial charge in [0.15, 0.2) is 17.5 Å². The monoisotopic (exact) mass is 505 g/mol. The van der Waals surface area contributed by atoms with Crippen LogP contribution in [0.5, 0.6) is 0 Å². The van der Waals surface area contributed by atoms with Crippen molar-refractivity contribution >= 4 is 22.8 Å². The standard InChI is InChI=1S/C28H36FN7O/c1-18-14-23(29)27(33-15-18)32-11-7-20(6-10-30-2)26-34-24-17-31-16-22(19-4-5-19)25(24)28(35-26)36(3)21-8-12-37-13-9-21/h6-7,10,14-16,19,21,30-31H,4-5,8-9,11-13,17H2,1-3H3,(H,32,33)/b10-6-,20-7+. The minimum Gasteiger partial charge on any atom is -0.394 e. The molecule has 37 heavy (non-hydrogen) atoms. The second-order valence-corrected chi connectivity index (χ2v) is 9.91. The van der Waals surface area contributed by atoms with Gasteiger partial charge in [0.05, 0.1) is 12.2 Å². The Hall–Kier alpha value is -3.46. The molecule has 1 aliphatic carbocycles. The summed E-state index contributed by atoms with van der Waals surface area (Å²) in [6.07, 6.45) is 14.0. The zero-order chi connectivity index (χ0) is 25.8. The van der Waals surface area contributed by atoms with Crippen molar-refractivity contribution in [3.63, 3.8) is 0 Å². The molecule has 0 unspecified atom stereocenters. The van der Waals surface area contributed by atoms with E-state index in [0.29, 0.717) is 30.9 Å². The van der Waals surface area contributed by atoms with Crippen molar-refractivity contribution in [3.05, 3.63) is 65.3 Å². The van der Waals surface area contributed by atoms with E-state index in [9.17, 15) is 4.39 Å². The molecule has 1 saturated heterocycles. The van der Waals surface area contributed by atoms with Crippen LogP contribution in [0.3, 0.4) is 0 Å². The Morgan fingerprint density at radius 3 is 2.78 bits per heavy atom. The van der Waals surface area contributed by atoms with Gasteiger partial charge in [-0.2, -0.15) is 0 Å². The summed E-state index contributed by atoms with van der Waals surface area (Å²) in [5.74, 6) is 2.07. The summed E-state index contributed by atoms with van der Waals surface area (Å²) >= 11 is 0. The van der Waals surface area contributed by atoms with Gasteiger partial charge in [-0.1, -0.05) is 6.08 Å². The van der Waals surface area contributed by atoms with E-state index in [2.05, 4.69) is 39.1 Å². The first-order chi connectivity index (χ1) is 18.0. The summed E-state index contributed by atoms with van der Waals surface area (Å²) in [6, 6.07) is 1.84. The number of anilines is 2. The second kappa shape index (κ2) is 11.3. The SMILES string of the molecule is CN/C=C\C(=C/CNc1ncc(C)cc1F)c1nc2c(c(N(C)C3CCOCC3)n1)C(C1CC1)=CNC2. The first-order valence-electron chi connectivity index (χ1n) is 13.1. The van der Waals surface area contributed by atoms with E-state index in [1.54, 1.807) is 6.20 Å². The number of ether oxygens (including phenoxy) is 1. The molecule has 2 fully saturated rings. The fourth-order valence-corrected chi connectivity index (χ4v) is 4.92. The summed E-state index contributed by atoms with van der Waals surface area (Å²) in [6.45, 7) is 4.41. The highest BCUT2D eigenvalue weighted by molar-refractivity contribution is 5.81. The Morgan fingerprint density at radius 2 is 2.05 bits per heavy atom. The number of halogens is 1. The summed E-state index contributed by atoms with van der Waals surface area (Å²) in [4.78, 5) is 16.7. The maximum atomic E-state index is 14.3. The Bertz CT molecular complexity index is 1220. The van der Waals surface area contributed by atoms with Crippen molar-refractivity contribution in [2.24, 2.45) is 5.92 Å². The fourth-order valence-electron chi connectivity index (χ4n) is 4.92. The summed E-state index contributed by atoms with van der Waals surface area (Å²) in [5.41, 5.74) is 5.15. The molecule has 8 nitrogen and oxygen atoms in total. The summed E-state index contributed by atoms with van der Waals surface area (Å²) in [7, 11) is 4.00. The largest absolute Gasteiger partial charge is 0.394 e. The van der Waals surface area contributed by atoms with Crippen LogP contribution in [0, 0.1) is 18.7 Å². The van der Waals surface area contributed by atoms with E-state index < -0.39 is 0 Å². The molecule has 0 bridgehead atoms. The fraction of sp³-hybridized carbons (Fsp3) is 0.464. The van der Waals surface area contributed by atoms with Crippen molar-refractivity contribution in [2.75, 3.05) is 44.1 Å². The van der Waals surface area contributed by atoms with Gasteiger partial charge in [-0.05, 0) is 68.0 Å². The number of aromatic nitrogens is 3. The molecule has 196 valence electrons. The highest BCUT2D eigenvalue weighted by Crippen LogP contribution is 2.46. The van der Waals surface area contributed by atoms with E-state index in [-0.39, 0.29) is 11.6 Å². The number of aryl methyl sites for hydroxylation is 1. The van der Waals surface area contributed by atoms with Crippen LogP contribution in [0.4, 0.5) is 16.0 Å². The molecule has 0 atom stereocenters. The van der Waals surface area contributed by atoms with Gasteiger partial charge in [-0.25, -0.2) is 19.3 Å². The second-order valence-electron chi connectivity index (χ2n) is 9.91. The van der Waals surface area contributed by atoms with Crippen molar-refractivity contribution in [2.45, 2.75) is 45.2 Å². The molecule has 5 rings (SSSR count). The molecule has 1 saturated carbocycles. The van der Waals surface area contributed by atoms with E-state index in [1.165, 1.54) is 30.0 Å². The highest BCUT2D eigenvalue weighted by Gasteiger charge is 2.34. The lowest BCUT2D eigenvalue weighted by Gasteiger charge is -2.35. The van der Waals surface area contributed by atoms with Crippen molar-refractivity contribution in [1.82, 2.24) is 25.6 Å². The van der Waals surface area contributed by atoms with Gasteiger partial charge in [0.1, 0.15) is 5.82 Å². The first-order valence-corrected chi connectivity index (χ1v) is 13.1.